The van der Waals surface area contributed by atoms with Crippen LogP contribution in [0.4, 0.5) is 4.79 Å². The van der Waals surface area contributed by atoms with Gasteiger partial charge in [-0.15, -0.1) is 9.78 Å². The number of nitrogens with zero attached hydrogens (tertiary/aromatic N) is 3. The third-order valence-corrected chi connectivity index (χ3v) is 0.842. The van der Waals surface area contributed by atoms with Crippen molar-refractivity contribution >= 4 is 6.03 Å². The van der Waals surface area contributed by atoms with Gasteiger partial charge in [-0.25, -0.2) is 4.79 Å². The number of rotatable bonds is 0. The van der Waals surface area contributed by atoms with E-state index in [0.29, 0.717) is 4.68 Å². The lowest BCUT2D eigenvalue weighted by Gasteiger charge is -1.91. The maximum absolute atomic E-state index is 10.6. The molecule has 0 aliphatic heterocycles. The minimum atomic E-state index is -0.932. The van der Waals surface area contributed by atoms with E-state index in [2.05, 4.69) is 10.3 Å². The molecule has 1 rings (SSSR count). The van der Waals surface area contributed by atoms with Crippen LogP contribution in [0.5, 0.6) is 0 Å². The summed E-state index contributed by atoms with van der Waals surface area (Å²) in [4.78, 5) is 20.9. The fourth-order valence-corrected chi connectivity index (χ4v) is 0.446. The Balaban J connectivity index is 3.29. The molecule has 6 heteroatoms. The highest BCUT2D eigenvalue weighted by molar-refractivity contribution is 5.72. The van der Waals surface area contributed by atoms with Crippen LogP contribution in [0, 0.1) is 0 Å². The molecule has 0 aliphatic rings. The molecule has 1 heterocycles. The average molecular weight is 140 g/mol. The molecule has 0 atom stereocenters. The van der Waals surface area contributed by atoms with E-state index in [9.17, 15) is 9.59 Å². The van der Waals surface area contributed by atoms with Crippen LogP contribution in [0.1, 0.15) is 0 Å². The SMILES string of the molecule is NC(=O)n1nnccc1=O. The van der Waals surface area contributed by atoms with E-state index in [1.807, 2.05) is 0 Å². The molecule has 0 saturated carbocycles. The van der Waals surface area contributed by atoms with E-state index in [0.717, 1.165) is 6.07 Å². The molecular formula is C4H4N4O2. The Hall–Kier alpha value is -1.72. The summed E-state index contributed by atoms with van der Waals surface area (Å²) in [6, 6.07) is 0.163. The monoisotopic (exact) mass is 140 g/mol. The van der Waals surface area contributed by atoms with Gasteiger partial charge < -0.3 is 5.73 Å². The standard InChI is InChI=1S/C4H4N4O2/c5-4(10)8-3(9)1-2-6-7-8/h1-2H,(H2,5,10). The van der Waals surface area contributed by atoms with Crippen LogP contribution in [0.2, 0.25) is 0 Å². The molecule has 0 radical (unpaired) electrons. The summed E-state index contributed by atoms with van der Waals surface area (Å²) >= 11 is 0. The van der Waals surface area contributed by atoms with Crippen molar-refractivity contribution in [3.8, 4) is 0 Å². The lowest BCUT2D eigenvalue weighted by molar-refractivity contribution is 0.245. The molecule has 0 saturated heterocycles. The third kappa shape index (κ3) is 0.993. The Morgan fingerprint density at radius 2 is 2.40 bits per heavy atom. The number of hydrogen-bond donors (Lipinski definition) is 1. The van der Waals surface area contributed by atoms with Crippen molar-refractivity contribution in [2.45, 2.75) is 0 Å². The summed E-state index contributed by atoms with van der Waals surface area (Å²) in [5.41, 5.74) is 4.16. The topological polar surface area (TPSA) is 90.9 Å². The van der Waals surface area contributed by atoms with Crippen LogP contribution in [-0.2, 0) is 0 Å². The molecule has 2 N–H and O–H groups in total. The second kappa shape index (κ2) is 2.26. The van der Waals surface area contributed by atoms with Gasteiger partial charge in [-0.3, -0.25) is 4.79 Å². The van der Waals surface area contributed by atoms with E-state index in [4.69, 9.17) is 5.73 Å². The first-order chi connectivity index (χ1) is 4.72. The first-order valence-electron chi connectivity index (χ1n) is 2.42. The summed E-state index contributed by atoms with van der Waals surface area (Å²) in [6.45, 7) is 0. The molecule has 10 heavy (non-hydrogen) atoms. The van der Waals surface area contributed by atoms with Gasteiger partial charge in [0.15, 0.2) is 0 Å². The van der Waals surface area contributed by atoms with Crippen LogP contribution >= 0.6 is 0 Å². The number of carbonyl (C=O) groups is 1. The summed E-state index contributed by atoms with van der Waals surface area (Å²) in [7, 11) is 0. The van der Waals surface area contributed by atoms with E-state index in [1.165, 1.54) is 6.20 Å². The van der Waals surface area contributed by atoms with Crippen LogP contribution < -0.4 is 11.3 Å². The number of carbonyl (C=O) groups excluding carboxylic acids is 1. The Bertz CT molecular complexity index is 304. The van der Waals surface area contributed by atoms with E-state index in [-0.39, 0.29) is 0 Å². The fraction of sp³-hybridized carbons (Fsp3) is 0. The number of aromatic nitrogens is 3. The van der Waals surface area contributed by atoms with Crippen molar-refractivity contribution in [3.63, 3.8) is 0 Å². The first-order valence-corrected chi connectivity index (χ1v) is 2.42. The van der Waals surface area contributed by atoms with E-state index >= 15 is 0 Å². The molecule has 0 bridgehead atoms. The molecule has 0 fully saturated rings. The van der Waals surface area contributed by atoms with Gasteiger partial charge >= 0.3 is 6.03 Å². The summed E-state index contributed by atoms with van der Waals surface area (Å²) < 4.78 is 0.472. The second-order valence-corrected chi connectivity index (χ2v) is 1.51. The Kier molecular flexibility index (Phi) is 1.44. The van der Waals surface area contributed by atoms with Crippen molar-refractivity contribution in [2.24, 2.45) is 5.73 Å². The molecule has 0 aromatic carbocycles. The molecule has 0 spiro atoms. The van der Waals surface area contributed by atoms with Crippen LogP contribution in [0.15, 0.2) is 17.1 Å². The van der Waals surface area contributed by atoms with Crippen molar-refractivity contribution in [1.29, 1.82) is 0 Å². The van der Waals surface area contributed by atoms with Gasteiger partial charge in [0.2, 0.25) is 0 Å². The highest BCUT2D eigenvalue weighted by atomic mass is 16.2. The fourth-order valence-electron chi connectivity index (χ4n) is 0.446. The molecule has 52 valence electrons. The van der Waals surface area contributed by atoms with Gasteiger partial charge in [0.1, 0.15) is 0 Å². The molecule has 6 nitrogen and oxygen atoms in total. The summed E-state index contributed by atoms with van der Waals surface area (Å²) in [5.74, 6) is 0. The zero-order valence-corrected chi connectivity index (χ0v) is 4.89. The Morgan fingerprint density at radius 3 is 2.80 bits per heavy atom. The number of nitrogens with two attached hydrogens (primary N) is 1. The normalized spacial score (nSPS) is 9.20. The first kappa shape index (κ1) is 6.40. The molecular weight excluding hydrogens is 136 g/mol. The van der Waals surface area contributed by atoms with Crippen molar-refractivity contribution in [2.75, 3.05) is 0 Å². The predicted octanol–water partition coefficient (Wildman–Crippen LogP) is -1.43. The maximum atomic E-state index is 10.6. The molecule has 1 aromatic rings. The number of primary amides is 1. The Morgan fingerprint density at radius 1 is 1.70 bits per heavy atom. The minimum absolute atomic E-state index is 0.472. The quantitative estimate of drug-likeness (QED) is 0.478. The zero-order valence-electron chi connectivity index (χ0n) is 4.89. The van der Waals surface area contributed by atoms with Gasteiger partial charge in [0.25, 0.3) is 5.56 Å². The van der Waals surface area contributed by atoms with Gasteiger partial charge in [-0.1, -0.05) is 5.21 Å². The van der Waals surface area contributed by atoms with E-state index in [1.54, 1.807) is 0 Å². The summed E-state index contributed by atoms with van der Waals surface area (Å²) in [6.07, 6.45) is 1.18. The van der Waals surface area contributed by atoms with Crippen molar-refractivity contribution in [3.05, 3.63) is 22.6 Å². The zero-order chi connectivity index (χ0) is 7.56. The van der Waals surface area contributed by atoms with Crippen LogP contribution in [0.25, 0.3) is 0 Å². The minimum Gasteiger partial charge on any atom is -0.350 e. The highest BCUT2D eigenvalue weighted by Gasteiger charge is 1.99. The summed E-state index contributed by atoms with van der Waals surface area (Å²) in [5, 5.41) is 6.44. The van der Waals surface area contributed by atoms with Gasteiger partial charge in [-0.2, -0.15) is 0 Å². The van der Waals surface area contributed by atoms with Crippen LogP contribution in [0.3, 0.4) is 0 Å². The van der Waals surface area contributed by atoms with Gasteiger partial charge in [0.05, 0.1) is 6.20 Å². The molecule has 0 aliphatic carbocycles. The number of amides is 1. The van der Waals surface area contributed by atoms with Crippen LogP contribution in [-0.4, -0.2) is 21.0 Å². The predicted molar refractivity (Wildman–Crippen MR) is 31.3 cm³/mol. The van der Waals surface area contributed by atoms with E-state index < -0.39 is 11.6 Å². The Labute approximate surface area is 55.3 Å². The smallest absolute Gasteiger partial charge is 0.344 e. The largest absolute Gasteiger partial charge is 0.350 e. The maximum Gasteiger partial charge on any atom is 0.344 e. The molecule has 1 aromatic heterocycles. The second-order valence-electron chi connectivity index (χ2n) is 1.51. The van der Waals surface area contributed by atoms with Gasteiger partial charge in [0, 0.05) is 6.07 Å². The lowest BCUT2D eigenvalue weighted by Crippen LogP contribution is -2.33. The molecule has 0 unspecified atom stereocenters. The highest BCUT2D eigenvalue weighted by Crippen LogP contribution is 1.66. The molecule has 1 amide bonds. The van der Waals surface area contributed by atoms with Gasteiger partial charge in [-0.05, 0) is 0 Å². The number of hydrogen-bond acceptors (Lipinski definition) is 4. The third-order valence-electron chi connectivity index (χ3n) is 0.842. The van der Waals surface area contributed by atoms with Crippen molar-refractivity contribution < 1.29 is 4.79 Å². The average Bonchev–Trinajstić information content (AvgIpc) is 1.88. The van der Waals surface area contributed by atoms with Crippen molar-refractivity contribution in [1.82, 2.24) is 15.0 Å². The lowest BCUT2D eigenvalue weighted by atomic mass is 10.7.